The topological polar surface area (TPSA) is 108 Å². The molecule has 1 aromatic heterocycles. The minimum absolute atomic E-state index is 0.159. The van der Waals surface area contributed by atoms with Gasteiger partial charge in [-0.15, -0.1) is 0 Å². The fourth-order valence-corrected chi connectivity index (χ4v) is 0.796. The number of aryl methyl sites for hydroxylation is 1. The normalized spacial score (nSPS) is 9.33. The highest BCUT2D eigenvalue weighted by molar-refractivity contribution is 5.68. The Morgan fingerprint density at radius 1 is 1.80 bits per heavy atom. The van der Waals surface area contributed by atoms with E-state index in [1.807, 2.05) is 6.07 Å². The molecule has 7 nitrogen and oxygen atoms in total. The van der Waals surface area contributed by atoms with Crippen LogP contribution in [0.15, 0.2) is 6.20 Å². The molecule has 0 saturated carbocycles. The summed E-state index contributed by atoms with van der Waals surface area (Å²) >= 11 is 0. The number of rotatable bonds is 4. The summed E-state index contributed by atoms with van der Waals surface area (Å²) < 4.78 is 0. The lowest BCUT2D eigenvalue weighted by Crippen LogP contribution is -2.13. The number of carboxylic acid groups (broad SMARTS) is 1. The monoisotopic (exact) mass is 208 g/mol. The SMILES string of the molecule is Cc1ncc(C#N)c(NOCC(=O)O)n1. The first-order chi connectivity index (χ1) is 7.13. The number of nitrogens with zero attached hydrogens (tertiary/aromatic N) is 3. The number of aromatic nitrogens is 2. The van der Waals surface area contributed by atoms with Crippen LogP contribution in [-0.2, 0) is 9.63 Å². The van der Waals surface area contributed by atoms with Gasteiger partial charge >= 0.3 is 5.97 Å². The van der Waals surface area contributed by atoms with Gasteiger partial charge in [-0.05, 0) is 6.92 Å². The van der Waals surface area contributed by atoms with Crippen LogP contribution in [0, 0.1) is 18.3 Å². The van der Waals surface area contributed by atoms with Crippen molar-refractivity contribution in [3.63, 3.8) is 0 Å². The van der Waals surface area contributed by atoms with E-state index in [0.717, 1.165) is 0 Å². The van der Waals surface area contributed by atoms with E-state index in [4.69, 9.17) is 10.4 Å². The molecule has 1 rings (SSSR count). The van der Waals surface area contributed by atoms with E-state index in [0.29, 0.717) is 5.82 Å². The minimum atomic E-state index is -1.12. The van der Waals surface area contributed by atoms with Gasteiger partial charge in [-0.2, -0.15) is 5.26 Å². The number of hydrogen-bond donors (Lipinski definition) is 2. The molecule has 0 bridgehead atoms. The highest BCUT2D eigenvalue weighted by Gasteiger charge is 2.05. The van der Waals surface area contributed by atoms with E-state index in [-0.39, 0.29) is 11.4 Å². The fourth-order valence-electron chi connectivity index (χ4n) is 0.796. The number of carboxylic acids is 1. The van der Waals surface area contributed by atoms with Crippen molar-refractivity contribution < 1.29 is 14.7 Å². The van der Waals surface area contributed by atoms with Crippen molar-refractivity contribution in [3.8, 4) is 6.07 Å². The Balaban J connectivity index is 2.71. The molecule has 0 amide bonds. The first kappa shape index (κ1) is 10.9. The summed E-state index contributed by atoms with van der Waals surface area (Å²) in [7, 11) is 0. The van der Waals surface area contributed by atoms with Gasteiger partial charge in [0.25, 0.3) is 0 Å². The molecule has 78 valence electrons. The molecule has 0 unspecified atom stereocenters. The maximum atomic E-state index is 10.1. The van der Waals surface area contributed by atoms with Gasteiger partial charge in [-0.25, -0.2) is 20.2 Å². The van der Waals surface area contributed by atoms with Crippen LogP contribution in [0.25, 0.3) is 0 Å². The Hall–Kier alpha value is -2.20. The Morgan fingerprint density at radius 2 is 2.53 bits per heavy atom. The van der Waals surface area contributed by atoms with Crippen molar-refractivity contribution in [2.45, 2.75) is 6.92 Å². The summed E-state index contributed by atoms with van der Waals surface area (Å²) in [5, 5.41) is 17.0. The predicted octanol–water partition coefficient (Wildman–Crippen LogP) is 0.0848. The van der Waals surface area contributed by atoms with Gasteiger partial charge < -0.3 is 5.11 Å². The van der Waals surface area contributed by atoms with Crippen LogP contribution in [0.3, 0.4) is 0 Å². The molecule has 0 fully saturated rings. The van der Waals surface area contributed by atoms with E-state index < -0.39 is 12.6 Å². The predicted molar refractivity (Wildman–Crippen MR) is 48.7 cm³/mol. The van der Waals surface area contributed by atoms with Gasteiger partial charge in [0.15, 0.2) is 12.4 Å². The van der Waals surface area contributed by atoms with E-state index in [1.54, 1.807) is 6.92 Å². The van der Waals surface area contributed by atoms with Crippen molar-refractivity contribution in [2.24, 2.45) is 0 Å². The molecule has 1 aromatic rings. The average molecular weight is 208 g/mol. The van der Waals surface area contributed by atoms with Crippen LogP contribution >= 0.6 is 0 Å². The molecular formula is C8H8N4O3. The second-order valence-electron chi connectivity index (χ2n) is 2.58. The Morgan fingerprint density at radius 3 is 3.13 bits per heavy atom. The average Bonchev–Trinajstić information content (AvgIpc) is 2.17. The third kappa shape index (κ3) is 3.21. The first-order valence-electron chi connectivity index (χ1n) is 3.97. The summed E-state index contributed by atoms with van der Waals surface area (Å²) in [5.74, 6) is -0.506. The largest absolute Gasteiger partial charge is 0.479 e. The number of carbonyl (C=O) groups is 1. The van der Waals surface area contributed by atoms with Crippen LogP contribution in [0.5, 0.6) is 0 Å². The molecule has 15 heavy (non-hydrogen) atoms. The van der Waals surface area contributed by atoms with Crippen molar-refractivity contribution >= 4 is 11.8 Å². The summed E-state index contributed by atoms with van der Waals surface area (Å²) in [6.07, 6.45) is 1.33. The molecule has 0 radical (unpaired) electrons. The van der Waals surface area contributed by atoms with Gasteiger partial charge in [-0.1, -0.05) is 0 Å². The molecule has 7 heteroatoms. The zero-order valence-electron chi connectivity index (χ0n) is 7.89. The number of hydrogen-bond acceptors (Lipinski definition) is 6. The lowest BCUT2D eigenvalue weighted by molar-refractivity contribution is -0.141. The quantitative estimate of drug-likeness (QED) is 0.674. The zero-order valence-corrected chi connectivity index (χ0v) is 7.89. The maximum absolute atomic E-state index is 10.1. The van der Waals surface area contributed by atoms with Crippen molar-refractivity contribution in [2.75, 3.05) is 12.1 Å². The minimum Gasteiger partial charge on any atom is -0.479 e. The number of anilines is 1. The van der Waals surface area contributed by atoms with Gasteiger partial charge in [0, 0.05) is 0 Å². The zero-order chi connectivity index (χ0) is 11.3. The second kappa shape index (κ2) is 4.88. The molecule has 0 aliphatic carbocycles. The molecule has 0 aliphatic rings. The molecule has 2 N–H and O–H groups in total. The van der Waals surface area contributed by atoms with E-state index in [9.17, 15) is 4.79 Å². The fraction of sp³-hybridized carbons (Fsp3) is 0.250. The Labute approximate surface area is 85.3 Å². The highest BCUT2D eigenvalue weighted by atomic mass is 16.7. The van der Waals surface area contributed by atoms with Gasteiger partial charge in [0.05, 0.1) is 6.20 Å². The van der Waals surface area contributed by atoms with Crippen molar-refractivity contribution in [1.29, 1.82) is 5.26 Å². The molecule has 1 heterocycles. The second-order valence-corrected chi connectivity index (χ2v) is 2.58. The lowest BCUT2D eigenvalue weighted by atomic mass is 10.3. The van der Waals surface area contributed by atoms with Crippen LogP contribution in [0.1, 0.15) is 11.4 Å². The smallest absolute Gasteiger partial charge is 0.332 e. The number of nitrogens with one attached hydrogen (secondary N) is 1. The highest BCUT2D eigenvalue weighted by Crippen LogP contribution is 2.09. The van der Waals surface area contributed by atoms with Gasteiger partial charge in [0.2, 0.25) is 0 Å². The third-order valence-corrected chi connectivity index (χ3v) is 1.39. The summed E-state index contributed by atoms with van der Waals surface area (Å²) in [6, 6.07) is 1.85. The van der Waals surface area contributed by atoms with Crippen LogP contribution in [0.4, 0.5) is 5.82 Å². The molecular weight excluding hydrogens is 200 g/mol. The molecule has 0 aliphatic heterocycles. The number of nitriles is 1. The maximum Gasteiger partial charge on any atom is 0.332 e. The third-order valence-electron chi connectivity index (χ3n) is 1.39. The van der Waals surface area contributed by atoms with E-state index in [1.165, 1.54) is 6.20 Å². The molecule has 0 saturated heterocycles. The van der Waals surface area contributed by atoms with Crippen molar-refractivity contribution in [1.82, 2.24) is 9.97 Å². The first-order valence-corrected chi connectivity index (χ1v) is 3.97. The summed E-state index contributed by atoms with van der Waals surface area (Å²) in [6.45, 7) is 1.12. The van der Waals surface area contributed by atoms with E-state index >= 15 is 0 Å². The lowest BCUT2D eigenvalue weighted by Gasteiger charge is -2.05. The Kier molecular flexibility index (Phi) is 3.54. The van der Waals surface area contributed by atoms with Gasteiger partial charge in [-0.3, -0.25) is 4.84 Å². The van der Waals surface area contributed by atoms with E-state index in [2.05, 4.69) is 20.3 Å². The molecule has 0 atom stereocenters. The van der Waals surface area contributed by atoms with Crippen LogP contribution < -0.4 is 5.48 Å². The van der Waals surface area contributed by atoms with Crippen LogP contribution in [-0.4, -0.2) is 27.7 Å². The Bertz CT molecular complexity index is 413. The van der Waals surface area contributed by atoms with Gasteiger partial charge in [0.1, 0.15) is 17.5 Å². The summed E-state index contributed by atoms with van der Waals surface area (Å²) in [4.78, 5) is 22.4. The van der Waals surface area contributed by atoms with Crippen molar-refractivity contribution in [3.05, 3.63) is 17.6 Å². The molecule has 0 spiro atoms. The standard InChI is InChI=1S/C8H8N4O3/c1-5-10-3-6(2-9)8(11-5)12-15-4-7(13)14/h3H,4H2,1H3,(H,13,14)(H,10,11,12). The van der Waals surface area contributed by atoms with Crippen LogP contribution in [0.2, 0.25) is 0 Å². The summed E-state index contributed by atoms with van der Waals surface area (Å²) in [5.41, 5.74) is 2.47. The number of aliphatic carboxylic acids is 1. The molecule has 0 aromatic carbocycles.